The monoisotopic (exact) mass is 748 g/mol. The minimum absolute atomic E-state index is 0.156. The minimum Gasteiger partial charge on any atom is -0.463 e. The Bertz CT molecular complexity index is 1070. The first-order chi connectivity index (χ1) is 24.8. The second kappa shape index (κ2) is 24.1. The van der Waals surface area contributed by atoms with E-state index in [-0.39, 0.29) is 6.61 Å². The van der Waals surface area contributed by atoms with Gasteiger partial charge in [0.25, 0.3) is 0 Å². The lowest BCUT2D eigenvalue weighted by molar-refractivity contribution is -0.424. The van der Waals surface area contributed by atoms with Crippen molar-refractivity contribution < 1.29 is 71.3 Å². The summed E-state index contributed by atoms with van der Waals surface area (Å²) in [6.07, 6.45) is -3.02. The summed E-state index contributed by atoms with van der Waals surface area (Å²) in [6, 6.07) is 0. The molecule has 0 amide bonds. The van der Waals surface area contributed by atoms with E-state index in [0.717, 1.165) is 65.2 Å². The predicted octanol–water partition coefficient (Wildman–Crippen LogP) is 4.57. The molecule has 2 saturated heterocycles. The molecule has 2 rings (SSSR count). The third-order valence-corrected chi connectivity index (χ3v) is 8.53. The van der Waals surface area contributed by atoms with Crippen molar-refractivity contribution in [2.24, 2.45) is 0 Å². The first-order valence-corrected chi connectivity index (χ1v) is 18.9. The molecule has 15 nitrogen and oxygen atoms in total. The van der Waals surface area contributed by atoms with Crippen molar-refractivity contribution in [1.29, 1.82) is 0 Å². The van der Waals surface area contributed by atoms with Crippen molar-refractivity contribution in [3.8, 4) is 0 Å². The molecule has 2 heterocycles. The van der Waals surface area contributed by atoms with Crippen LogP contribution in [0.1, 0.15) is 114 Å². The van der Waals surface area contributed by atoms with Gasteiger partial charge in [0.1, 0.15) is 37.1 Å². The summed E-state index contributed by atoms with van der Waals surface area (Å²) >= 11 is 0. The number of rotatable bonds is 24. The second-order valence-electron chi connectivity index (χ2n) is 13.3. The zero-order chi connectivity index (χ0) is 38.7. The van der Waals surface area contributed by atoms with Gasteiger partial charge in [0.15, 0.2) is 24.1 Å². The van der Waals surface area contributed by atoms with Gasteiger partial charge in [0.2, 0.25) is 6.29 Å². The summed E-state index contributed by atoms with van der Waals surface area (Å²) in [5, 5.41) is 0. The van der Waals surface area contributed by atoms with E-state index in [9.17, 15) is 19.2 Å². The highest BCUT2D eigenvalue weighted by molar-refractivity contribution is 5.68. The number of hydrogen-bond acceptors (Lipinski definition) is 15. The second-order valence-corrected chi connectivity index (χ2v) is 13.3. The van der Waals surface area contributed by atoms with Crippen LogP contribution in [0.25, 0.3) is 0 Å². The molecule has 0 bridgehead atoms. The van der Waals surface area contributed by atoms with Gasteiger partial charge in [-0.2, -0.15) is 0 Å². The van der Waals surface area contributed by atoms with E-state index < -0.39 is 91.4 Å². The van der Waals surface area contributed by atoms with Gasteiger partial charge in [-0.05, 0) is 32.6 Å². The molecule has 2 aliphatic heterocycles. The Balaban J connectivity index is 2.71. The van der Waals surface area contributed by atoms with E-state index in [1.807, 2.05) is 6.92 Å². The zero-order valence-corrected chi connectivity index (χ0v) is 32.7. The molecule has 6 unspecified atom stereocenters. The molecule has 302 valence electrons. The summed E-state index contributed by atoms with van der Waals surface area (Å²) in [5.74, 6) is -4.55. The van der Waals surface area contributed by atoms with Gasteiger partial charge in [-0.25, -0.2) is 0 Å². The van der Waals surface area contributed by atoms with Crippen LogP contribution in [-0.4, -0.2) is 124 Å². The normalized spacial score (nSPS) is 30.4. The fraction of sp³-hybridized carbons (Fsp3) is 0.892. The van der Waals surface area contributed by atoms with E-state index >= 15 is 0 Å². The van der Waals surface area contributed by atoms with Crippen molar-refractivity contribution in [3.63, 3.8) is 0 Å². The summed E-state index contributed by atoms with van der Waals surface area (Å²) in [5.41, 5.74) is 0. The average Bonchev–Trinajstić information content (AvgIpc) is 3.06. The number of ether oxygens (including phenoxy) is 11. The standard InChI is InChI=1S/C37H64O15/c1-10-14-18-42-22-29-30(43-19-15-11-2)33(44-20-16-12-3)35(45-21-17-13-4)37(9,51-29)52-36-34(49-27(8)41)32(48-26(7)40)31(47-25(6)39)28(50-36)23-46-24(5)38/h28-36H,10-23H2,1-9H3/t28?,29?,30-,31+,32?,33?,34?,35?,36+,37+/m0/s1. The average molecular weight is 749 g/mol. The van der Waals surface area contributed by atoms with Crippen molar-refractivity contribution in [2.75, 3.05) is 39.6 Å². The number of esters is 4. The molecule has 0 N–H and O–H groups in total. The SMILES string of the molecule is CCCCOCC1O[C@](C)(O[C@H]2OC(COC(C)=O)[C@@H](OC(C)=O)C(OC(C)=O)C2OC(C)=O)C(OCCCC)C(OCCCC)[C@H]1OCCCC. The maximum absolute atomic E-state index is 12.6. The van der Waals surface area contributed by atoms with Gasteiger partial charge >= 0.3 is 23.9 Å². The Hall–Kier alpha value is -2.40. The molecule has 0 aliphatic carbocycles. The van der Waals surface area contributed by atoms with E-state index in [4.69, 9.17) is 52.1 Å². The molecule has 0 aromatic carbocycles. The van der Waals surface area contributed by atoms with E-state index in [0.29, 0.717) is 26.4 Å². The van der Waals surface area contributed by atoms with Crippen molar-refractivity contribution in [2.45, 2.75) is 175 Å². The Kier molecular flexibility index (Phi) is 21.2. The van der Waals surface area contributed by atoms with Crippen LogP contribution < -0.4 is 0 Å². The zero-order valence-electron chi connectivity index (χ0n) is 32.7. The Morgan fingerprint density at radius 3 is 1.60 bits per heavy atom. The molecule has 15 heteroatoms. The molecular weight excluding hydrogens is 684 g/mol. The molecule has 0 aromatic rings. The van der Waals surface area contributed by atoms with Gasteiger partial charge in [-0.3, -0.25) is 19.2 Å². The van der Waals surface area contributed by atoms with Crippen LogP contribution in [0.3, 0.4) is 0 Å². The number of carbonyl (C=O) groups excluding carboxylic acids is 4. The van der Waals surface area contributed by atoms with Crippen LogP contribution in [0, 0.1) is 0 Å². The highest BCUT2D eigenvalue weighted by atomic mass is 16.8. The van der Waals surface area contributed by atoms with Crippen LogP contribution in [0.4, 0.5) is 0 Å². The fourth-order valence-corrected chi connectivity index (χ4v) is 6.01. The summed E-state index contributed by atoms with van der Waals surface area (Å²) in [6.45, 7) is 16.1. The lowest BCUT2D eigenvalue weighted by atomic mass is 9.91. The summed E-state index contributed by atoms with van der Waals surface area (Å²) in [4.78, 5) is 49.2. The van der Waals surface area contributed by atoms with Gasteiger partial charge in [-0.15, -0.1) is 0 Å². The smallest absolute Gasteiger partial charge is 0.303 e. The molecule has 10 atom stereocenters. The van der Waals surface area contributed by atoms with E-state index in [2.05, 4.69) is 20.8 Å². The number of unbranched alkanes of at least 4 members (excludes halogenated alkanes) is 4. The molecular formula is C37H64O15. The van der Waals surface area contributed by atoms with Crippen molar-refractivity contribution >= 4 is 23.9 Å². The molecule has 0 radical (unpaired) electrons. The van der Waals surface area contributed by atoms with Gasteiger partial charge in [0.05, 0.1) is 6.61 Å². The predicted molar refractivity (Wildman–Crippen MR) is 186 cm³/mol. The number of carbonyl (C=O) groups is 4. The Morgan fingerprint density at radius 1 is 0.558 bits per heavy atom. The molecule has 0 aromatic heterocycles. The lowest BCUT2D eigenvalue weighted by Gasteiger charge is -2.53. The fourth-order valence-electron chi connectivity index (χ4n) is 6.01. The molecule has 52 heavy (non-hydrogen) atoms. The van der Waals surface area contributed by atoms with Crippen LogP contribution in [0.2, 0.25) is 0 Å². The van der Waals surface area contributed by atoms with Crippen LogP contribution in [-0.2, 0) is 71.3 Å². The third-order valence-electron chi connectivity index (χ3n) is 8.53. The largest absolute Gasteiger partial charge is 0.463 e. The first kappa shape index (κ1) is 45.8. The maximum atomic E-state index is 12.6. The molecule has 0 saturated carbocycles. The minimum atomic E-state index is -1.67. The highest BCUT2D eigenvalue weighted by Crippen LogP contribution is 2.40. The van der Waals surface area contributed by atoms with E-state index in [1.165, 1.54) is 13.8 Å². The number of hydrogen-bond donors (Lipinski definition) is 0. The van der Waals surface area contributed by atoms with Gasteiger partial charge in [-0.1, -0.05) is 53.4 Å². The topological polar surface area (TPSA) is 170 Å². The molecule has 2 fully saturated rings. The van der Waals surface area contributed by atoms with Crippen molar-refractivity contribution in [1.82, 2.24) is 0 Å². The maximum Gasteiger partial charge on any atom is 0.303 e. The third kappa shape index (κ3) is 14.8. The van der Waals surface area contributed by atoms with Gasteiger partial charge < -0.3 is 52.1 Å². The van der Waals surface area contributed by atoms with E-state index in [1.54, 1.807) is 6.92 Å². The molecule has 0 spiro atoms. The van der Waals surface area contributed by atoms with Gasteiger partial charge in [0, 0.05) is 54.1 Å². The Morgan fingerprint density at radius 2 is 1.06 bits per heavy atom. The highest BCUT2D eigenvalue weighted by Gasteiger charge is 2.60. The van der Waals surface area contributed by atoms with Crippen LogP contribution in [0.5, 0.6) is 0 Å². The van der Waals surface area contributed by atoms with Crippen LogP contribution >= 0.6 is 0 Å². The lowest BCUT2D eigenvalue weighted by Crippen LogP contribution is -2.70. The Labute approximate surface area is 309 Å². The molecule has 2 aliphatic rings. The summed E-state index contributed by atoms with van der Waals surface area (Å²) in [7, 11) is 0. The summed E-state index contributed by atoms with van der Waals surface area (Å²) < 4.78 is 67.7. The quantitative estimate of drug-likeness (QED) is 0.0764. The van der Waals surface area contributed by atoms with Crippen molar-refractivity contribution in [3.05, 3.63) is 0 Å². The first-order valence-electron chi connectivity index (χ1n) is 18.9. The van der Waals surface area contributed by atoms with Crippen LogP contribution in [0.15, 0.2) is 0 Å².